The number of anilines is 1. The van der Waals surface area contributed by atoms with Crippen molar-refractivity contribution in [3.63, 3.8) is 0 Å². The van der Waals surface area contributed by atoms with Crippen molar-refractivity contribution in [3.05, 3.63) is 23.8 Å². The van der Waals surface area contributed by atoms with Gasteiger partial charge in [0.2, 0.25) is 0 Å². The van der Waals surface area contributed by atoms with Gasteiger partial charge in [-0.15, -0.1) is 0 Å². The molecule has 0 atom stereocenters. The number of nitrogen functional groups attached to an aromatic ring is 1. The van der Waals surface area contributed by atoms with Crippen molar-refractivity contribution in [2.75, 3.05) is 12.8 Å². The molecule has 1 aromatic rings. The molecule has 0 aliphatic heterocycles. The van der Waals surface area contributed by atoms with Crippen LogP contribution in [0.2, 0.25) is 0 Å². The average molecular weight is 206 g/mol. The Bertz CT molecular complexity index is 386. The minimum absolute atomic E-state index is 0.0886. The van der Waals surface area contributed by atoms with Crippen molar-refractivity contribution in [2.24, 2.45) is 0 Å². The number of amides is 1. The highest BCUT2D eigenvalue weighted by Gasteiger charge is 2.25. The normalized spacial score (nSPS) is 14.7. The highest BCUT2D eigenvalue weighted by molar-refractivity contribution is 5.97. The van der Waals surface area contributed by atoms with E-state index in [4.69, 9.17) is 10.5 Å². The maximum absolute atomic E-state index is 11.8. The molecule has 0 bridgehead atoms. The third-order valence-electron chi connectivity index (χ3n) is 2.38. The lowest BCUT2D eigenvalue weighted by Crippen LogP contribution is -2.25. The Morgan fingerprint density at radius 3 is 2.87 bits per heavy atom. The van der Waals surface area contributed by atoms with Crippen molar-refractivity contribution in [3.8, 4) is 5.75 Å². The van der Waals surface area contributed by atoms with Gasteiger partial charge in [0.15, 0.2) is 0 Å². The molecule has 2 rings (SSSR count). The first-order valence-corrected chi connectivity index (χ1v) is 4.95. The third-order valence-corrected chi connectivity index (χ3v) is 2.38. The Morgan fingerprint density at radius 2 is 2.27 bits per heavy atom. The largest absolute Gasteiger partial charge is 0.496 e. The smallest absolute Gasteiger partial charge is 0.255 e. The molecule has 1 amide bonds. The molecule has 0 heterocycles. The van der Waals surface area contributed by atoms with Gasteiger partial charge in [0.1, 0.15) is 5.75 Å². The molecule has 0 spiro atoms. The van der Waals surface area contributed by atoms with Crippen molar-refractivity contribution in [1.82, 2.24) is 5.32 Å². The molecule has 0 radical (unpaired) electrons. The molecule has 15 heavy (non-hydrogen) atoms. The molecule has 0 aromatic heterocycles. The van der Waals surface area contributed by atoms with E-state index in [1.807, 2.05) is 0 Å². The van der Waals surface area contributed by atoms with Crippen LogP contribution in [0.1, 0.15) is 23.2 Å². The Labute approximate surface area is 88.4 Å². The molecule has 1 fully saturated rings. The quantitative estimate of drug-likeness (QED) is 0.730. The van der Waals surface area contributed by atoms with Gasteiger partial charge < -0.3 is 15.8 Å². The van der Waals surface area contributed by atoms with E-state index in [9.17, 15) is 4.79 Å². The molecule has 1 aliphatic rings. The van der Waals surface area contributed by atoms with Gasteiger partial charge in [-0.1, -0.05) is 0 Å². The van der Waals surface area contributed by atoms with Gasteiger partial charge in [-0.05, 0) is 25.0 Å². The van der Waals surface area contributed by atoms with Gasteiger partial charge in [0.05, 0.1) is 12.7 Å². The molecule has 3 N–H and O–H groups in total. The molecule has 1 aromatic carbocycles. The summed E-state index contributed by atoms with van der Waals surface area (Å²) in [6.45, 7) is 0. The Morgan fingerprint density at radius 1 is 1.53 bits per heavy atom. The van der Waals surface area contributed by atoms with E-state index in [2.05, 4.69) is 5.32 Å². The van der Waals surface area contributed by atoms with E-state index in [1.54, 1.807) is 18.2 Å². The summed E-state index contributed by atoms with van der Waals surface area (Å²) in [4.78, 5) is 11.8. The predicted molar refractivity (Wildman–Crippen MR) is 57.9 cm³/mol. The van der Waals surface area contributed by atoms with Crippen LogP contribution in [0.3, 0.4) is 0 Å². The molecular formula is C11H14N2O2. The second-order valence-corrected chi connectivity index (χ2v) is 3.71. The molecular weight excluding hydrogens is 192 g/mol. The number of nitrogens with one attached hydrogen (secondary N) is 1. The summed E-state index contributed by atoms with van der Waals surface area (Å²) in [5.41, 5.74) is 6.74. The van der Waals surface area contributed by atoms with Crippen LogP contribution >= 0.6 is 0 Å². The summed E-state index contributed by atoms with van der Waals surface area (Å²) in [6, 6.07) is 5.39. The fourth-order valence-corrected chi connectivity index (χ4v) is 1.39. The molecule has 1 saturated carbocycles. The maximum Gasteiger partial charge on any atom is 0.255 e. The second-order valence-electron chi connectivity index (χ2n) is 3.71. The van der Waals surface area contributed by atoms with Gasteiger partial charge >= 0.3 is 0 Å². The van der Waals surface area contributed by atoms with Crippen molar-refractivity contribution in [2.45, 2.75) is 18.9 Å². The van der Waals surface area contributed by atoms with E-state index in [0.717, 1.165) is 12.8 Å². The number of hydrogen-bond acceptors (Lipinski definition) is 3. The summed E-state index contributed by atoms with van der Waals surface area (Å²) in [5, 5.41) is 2.90. The van der Waals surface area contributed by atoms with Gasteiger partial charge in [-0.2, -0.15) is 0 Å². The van der Waals surface area contributed by atoms with Gasteiger partial charge in [-0.25, -0.2) is 0 Å². The number of ether oxygens (including phenoxy) is 1. The van der Waals surface area contributed by atoms with Gasteiger partial charge in [0.25, 0.3) is 5.91 Å². The zero-order valence-electron chi connectivity index (χ0n) is 8.62. The number of nitrogens with two attached hydrogens (primary N) is 1. The Hall–Kier alpha value is -1.71. The van der Waals surface area contributed by atoms with Crippen LogP contribution in [0.4, 0.5) is 5.69 Å². The van der Waals surface area contributed by atoms with Crippen LogP contribution in [0, 0.1) is 0 Å². The van der Waals surface area contributed by atoms with Crippen LogP contribution < -0.4 is 15.8 Å². The van der Waals surface area contributed by atoms with E-state index < -0.39 is 0 Å². The van der Waals surface area contributed by atoms with Crippen LogP contribution in [0.15, 0.2) is 18.2 Å². The van der Waals surface area contributed by atoms with Gasteiger partial charge in [-0.3, -0.25) is 4.79 Å². The van der Waals surface area contributed by atoms with E-state index >= 15 is 0 Å². The standard InChI is InChI=1S/C11H14N2O2/c1-15-10-6-7(12)2-5-9(10)11(14)13-8-3-4-8/h2,5-6,8H,3-4,12H2,1H3,(H,13,14). The van der Waals surface area contributed by atoms with Crippen LogP contribution in [-0.4, -0.2) is 19.1 Å². The summed E-state index contributed by atoms with van der Waals surface area (Å²) in [5.74, 6) is 0.433. The second kappa shape index (κ2) is 3.81. The summed E-state index contributed by atoms with van der Waals surface area (Å²) >= 11 is 0. The first kappa shape index (κ1) is 9.83. The van der Waals surface area contributed by atoms with E-state index in [1.165, 1.54) is 7.11 Å². The average Bonchev–Trinajstić information content (AvgIpc) is 3.01. The summed E-state index contributed by atoms with van der Waals surface area (Å²) in [7, 11) is 1.53. The van der Waals surface area contributed by atoms with Crippen molar-refractivity contribution >= 4 is 11.6 Å². The topological polar surface area (TPSA) is 64.3 Å². The summed E-state index contributed by atoms with van der Waals surface area (Å²) < 4.78 is 5.11. The molecule has 0 saturated heterocycles. The first-order chi connectivity index (χ1) is 7.20. The van der Waals surface area contributed by atoms with E-state index in [-0.39, 0.29) is 5.91 Å². The van der Waals surface area contributed by atoms with E-state index in [0.29, 0.717) is 23.0 Å². The molecule has 80 valence electrons. The van der Waals surface area contributed by atoms with Gasteiger partial charge in [0, 0.05) is 17.8 Å². The van der Waals surface area contributed by atoms with Crippen molar-refractivity contribution in [1.29, 1.82) is 0 Å². The molecule has 4 heteroatoms. The number of hydrogen-bond donors (Lipinski definition) is 2. The zero-order valence-corrected chi connectivity index (χ0v) is 8.62. The highest BCUT2D eigenvalue weighted by atomic mass is 16.5. The minimum Gasteiger partial charge on any atom is -0.496 e. The number of carbonyl (C=O) groups is 1. The van der Waals surface area contributed by atoms with Crippen LogP contribution in [0.25, 0.3) is 0 Å². The zero-order chi connectivity index (χ0) is 10.8. The number of rotatable bonds is 3. The molecule has 1 aliphatic carbocycles. The third kappa shape index (κ3) is 2.21. The lowest BCUT2D eigenvalue weighted by atomic mass is 10.1. The van der Waals surface area contributed by atoms with Crippen LogP contribution in [-0.2, 0) is 0 Å². The monoisotopic (exact) mass is 206 g/mol. The maximum atomic E-state index is 11.8. The first-order valence-electron chi connectivity index (χ1n) is 4.95. The molecule has 4 nitrogen and oxygen atoms in total. The minimum atomic E-state index is -0.0886. The SMILES string of the molecule is COc1cc(N)ccc1C(=O)NC1CC1. The Kier molecular flexibility index (Phi) is 2.49. The Balaban J connectivity index is 2.21. The fraction of sp³-hybridized carbons (Fsp3) is 0.364. The summed E-state index contributed by atoms with van der Waals surface area (Å²) in [6.07, 6.45) is 2.14. The lowest BCUT2D eigenvalue weighted by molar-refractivity contribution is 0.0948. The predicted octanol–water partition coefficient (Wildman–Crippen LogP) is 1.17. The fourth-order valence-electron chi connectivity index (χ4n) is 1.39. The molecule has 0 unspecified atom stereocenters. The van der Waals surface area contributed by atoms with Crippen LogP contribution in [0.5, 0.6) is 5.75 Å². The number of methoxy groups -OCH3 is 1. The van der Waals surface area contributed by atoms with Crippen molar-refractivity contribution < 1.29 is 9.53 Å². The number of benzene rings is 1. The lowest BCUT2D eigenvalue weighted by Gasteiger charge is -2.09. The highest BCUT2D eigenvalue weighted by Crippen LogP contribution is 2.24. The number of carbonyl (C=O) groups excluding carboxylic acids is 1.